The van der Waals surface area contributed by atoms with Crippen LogP contribution in [0.2, 0.25) is 0 Å². The first-order valence-corrected chi connectivity index (χ1v) is 10.1. The quantitative estimate of drug-likeness (QED) is 0.358. The maximum atomic E-state index is 8.63. The van der Waals surface area contributed by atoms with Crippen molar-refractivity contribution >= 4 is 0 Å². The van der Waals surface area contributed by atoms with Gasteiger partial charge in [-0.2, -0.15) is 0 Å². The van der Waals surface area contributed by atoms with E-state index in [1.807, 2.05) is 60.9 Å². The van der Waals surface area contributed by atoms with Crippen LogP contribution < -0.4 is 0 Å². The van der Waals surface area contributed by atoms with E-state index in [0.29, 0.717) is 5.75 Å². The second kappa shape index (κ2) is 9.99. The van der Waals surface area contributed by atoms with E-state index in [1.54, 1.807) is 24.3 Å². The number of nitrogens with zero attached hydrogens (tertiary/aromatic N) is 2. The summed E-state index contributed by atoms with van der Waals surface area (Å²) >= 11 is 0. The summed E-state index contributed by atoms with van der Waals surface area (Å²) in [5, 5.41) is 8.63. The second-order valence-corrected chi connectivity index (χ2v) is 6.90. The van der Waals surface area contributed by atoms with Gasteiger partial charge in [0.2, 0.25) is 0 Å². The fraction of sp³-hybridized carbons (Fsp3) is 0. The molecule has 0 bridgehead atoms. The van der Waals surface area contributed by atoms with Gasteiger partial charge in [-0.1, -0.05) is 84.9 Å². The van der Waals surface area contributed by atoms with Gasteiger partial charge in [0.25, 0.3) is 0 Å². The fourth-order valence-corrected chi connectivity index (χ4v) is 3.23. The summed E-state index contributed by atoms with van der Waals surface area (Å²) in [6, 6.07) is 37.4. The summed E-state index contributed by atoms with van der Waals surface area (Å²) < 4.78 is 0. The molecule has 150 valence electrons. The van der Waals surface area contributed by atoms with Crippen LogP contribution in [-0.4, -0.2) is 15.1 Å². The molecule has 0 unspecified atom stereocenters. The van der Waals surface area contributed by atoms with E-state index in [2.05, 4.69) is 52.4 Å². The lowest BCUT2D eigenvalue weighted by Crippen LogP contribution is -1.92. The molecular weight excluding hydrogens is 380 g/mol. The highest BCUT2D eigenvalue weighted by Gasteiger charge is 2.11. The number of phenolic OH excluding ortho intramolecular Hbond substituents is 1. The zero-order chi connectivity index (χ0) is 21.3. The Labute approximate surface area is 182 Å². The molecule has 3 nitrogen and oxygen atoms in total. The van der Waals surface area contributed by atoms with Crippen LogP contribution in [0, 0.1) is 0 Å². The highest BCUT2D eigenvalue weighted by Crippen LogP contribution is 2.33. The lowest BCUT2D eigenvalue weighted by atomic mass is 9.97. The third kappa shape index (κ3) is 5.22. The van der Waals surface area contributed by atoms with Gasteiger partial charge in [0.15, 0.2) is 0 Å². The zero-order valence-electron chi connectivity index (χ0n) is 17.0. The molecule has 0 atom stereocenters. The molecule has 0 aliphatic carbocycles. The molecule has 0 fully saturated rings. The number of aromatic nitrogens is 2. The van der Waals surface area contributed by atoms with Crippen molar-refractivity contribution in [1.82, 2.24) is 9.97 Å². The Morgan fingerprint density at radius 1 is 0.484 bits per heavy atom. The van der Waals surface area contributed by atoms with Crippen molar-refractivity contribution in [2.45, 2.75) is 0 Å². The largest absolute Gasteiger partial charge is 0.508 e. The van der Waals surface area contributed by atoms with E-state index >= 15 is 0 Å². The van der Waals surface area contributed by atoms with E-state index < -0.39 is 0 Å². The SMILES string of the molecule is Oc1ccccc1.c1ccc(-c2cc(-c3ccccc3)c(-c3ccccn3)cn2)cc1. The van der Waals surface area contributed by atoms with Crippen molar-refractivity contribution in [2.24, 2.45) is 0 Å². The van der Waals surface area contributed by atoms with Gasteiger partial charge in [-0.15, -0.1) is 0 Å². The molecular formula is C28H22N2O. The minimum absolute atomic E-state index is 0.322. The van der Waals surface area contributed by atoms with Gasteiger partial charge in [-0.05, 0) is 41.5 Å². The molecule has 3 heteroatoms. The van der Waals surface area contributed by atoms with Gasteiger partial charge >= 0.3 is 0 Å². The number of pyridine rings is 2. The summed E-state index contributed by atoms with van der Waals surface area (Å²) in [6.45, 7) is 0. The Hall–Kier alpha value is -4.24. The van der Waals surface area contributed by atoms with Crippen molar-refractivity contribution in [3.8, 4) is 39.4 Å². The Balaban J connectivity index is 0.000000282. The lowest BCUT2D eigenvalue weighted by Gasteiger charge is -2.11. The normalized spacial score (nSPS) is 10.1. The van der Waals surface area contributed by atoms with Crippen LogP contribution in [0.1, 0.15) is 0 Å². The Bertz CT molecular complexity index is 1210. The van der Waals surface area contributed by atoms with Crippen LogP contribution in [0.5, 0.6) is 5.75 Å². The minimum atomic E-state index is 0.322. The van der Waals surface area contributed by atoms with Gasteiger partial charge in [0.1, 0.15) is 5.75 Å². The standard InChI is InChI=1S/C22H16N2.C6H6O/c1-3-9-17(10-4-1)19-15-22(18-11-5-2-6-12-18)24-16-20(19)21-13-7-8-14-23-21;7-6-4-2-1-3-5-6/h1-16H;1-5,7H. The minimum Gasteiger partial charge on any atom is -0.508 e. The maximum Gasteiger partial charge on any atom is 0.115 e. The predicted molar refractivity (Wildman–Crippen MR) is 126 cm³/mol. The highest BCUT2D eigenvalue weighted by molar-refractivity contribution is 5.84. The fourth-order valence-electron chi connectivity index (χ4n) is 3.23. The van der Waals surface area contributed by atoms with Crippen LogP contribution in [0.25, 0.3) is 33.6 Å². The van der Waals surface area contributed by atoms with Gasteiger partial charge in [-0.3, -0.25) is 9.97 Å². The topological polar surface area (TPSA) is 46.0 Å². The third-order valence-electron chi connectivity index (χ3n) is 4.76. The molecule has 3 aromatic carbocycles. The molecule has 31 heavy (non-hydrogen) atoms. The van der Waals surface area contributed by atoms with Crippen LogP contribution in [0.15, 0.2) is 128 Å². The van der Waals surface area contributed by atoms with Crippen molar-refractivity contribution in [3.05, 3.63) is 128 Å². The summed E-state index contributed by atoms with van der Waals surface area (Å²) in [7, 11) is 0. The number of hydrogen-bond acceptors (Lipinski definition) is 3. The average molecular weight is 402 g/mol. The number of aromatic hydroxyl groups is 1. The molecule has 0 aliphatic rings. The van der Waals surface area contributed by atoms with Gasteiger partial charge in [0.05, 0.1) is 11.4 Å². The molecule has 0 spiro atoms. The van der Waals surface area contributed by atoms with Crippen LogP contribution >= 0.6 is 0 Å². The molecule has 0 saturated carbocycles. The van der Waals surface area contributed by atoms with Gasteiger partial charge in [0, 0.05) is 23.5 Å². The van der Waals surface area contributed by atoms with E-state index in [1.165, 1.54) is 0 Å². The first-order chi connectivity index (χ1) is 15.3. The molecule has 0 saturated heterocycles. The molecule has 5 rings (SSSR count). The number of hydrogen-bond donors (Lipinski definition) is 1. The average Bonchev–Trinajstić information content (AvgIpc) is 2.86. The van der Waals surface area contributed by atoms with Crippen molar-refractivity contribution < 1.29 is 5.11 Å². The first kappa shape index (κ1) is 20.0. The number of benzene rings is 3. The van der Waals surface area contributed by atoms with E-state index in [0.717, 1.165) is 33.6 Å². The summed E-state index contributed by atoms with van der Waals surface area (Å²) in [5.41, 5.74) is 6.36. The zero-order valence-corrected chi connectivity index (χ0v) is 17.0. The number of rotatable bonds is 3. The van der Waals surface area contributed by atoms with Gasteiger partial charge < -0.3 is 5.11 Å². The van der Waals surface area contributed by atoms with Crippen molar-refractivity contribution in [1.29, 1.82) is 0 Å². The smallest absolute Gasteiger partial charge is 0.115 e. The van der Waals surface area contributed by atoms with E-state index in [-0.39, 0.29) is 0 Å². The van der Waals surface area contributed by atoms with E-state index in [4.69, 9.17) is 5.11 Å². The van der Waals surface area contributed by atoms with E-state index in [9.17, 15) is 0 Å². The first-order valence-electron chi connectivity index (χ1n) is 10.1. The third-order valence-corrected chi connectivity index (χ3v) is 4.76. The highest BCUT2D eigenvalue weighted by atomic mass is 16.3. The molecule has 2 aromatic heterocycles. The number of para-hydroxylation sites is 1. The maximum absolute atomic E-state index is 8.63. The van der Waals surface area contributed by atoms with Crippen molar-refractivity contribution in [2.75, 3.05) is 0 Å². The monoisotopic (exact) mass is 402 g/mol. The predicted octanol–water partition coefficient (Wildman–Crippen LogP) is 6.87. The summed E-state index contributed by atoms with van der Waals surface area (Å²) in [6.07, 6.45) is 3.74. The van der Waals surface area contributed by atoms with Crippen LogP contribution in [-0.2, 0) is 0 Å². The Kier molecular flexibility index (Phi) is 6.46. The van der Waals surface area contributed by atoms with Crippen LogP contribution in [0.3, 0.4) is 0 Å². The second-order valence-electron chi connectivity index (χ2n) is 6.90. The molecule has 5 aromatic rings. The molecule has 0 amide bonds. The Morgan fingerprint density at radius 3 is 1.61 bits per heavy atom. The van der Waals surface area contributed by atoms with Gasteiger partial charge in [-0.25, -0.2) is 0 Å². The lowest BCUT2D eigenvalue weighted by molar-refractivity contribution is 0.475. The molecule has 2 heterocycles. The summed E-state index contributed by atoms with van der Waals surface area (Å²) in [5.74, 6) is 0.322. The molecule has 0 aliphatic heterocycles. The van der Waals surface area contributed by atoms with Crippen molar-refractivity contribution in [3.63, 3.8) is 0 Å². The Morgan fingerprint density at radius 2 is 1.06 bits per heavy atom. The van der Waals surface area contributed by atoms with Crippen LogP contribution in [0.4, 0.5) is 0 Å². The molecule has 0 radical (unpaired) electrons. The number of phenols is 1. The molecule has 1 N–H and O–H groups in total. The summed E-state index contributed by atoms with van der Waals surface area (Å²) in [4.78, 5) is 9.17.